The van der Waals surface area contributed by atoms with Crippen LogP contribution in [0.15, 0.2) is 12.5 Å². The van der Waals surface area contributed by atoms with E-state index in [1.165, 1.54) is 23.6 Å². The largest absolute Gasteiger partial charge is 0.331 e. The van der Waals surface area contributed by atoms with Crippen molar-refractivity contribution in [1.82, 2.24) is 14.9 Å². The van der Waals surface area contributed by atoms with Crippen LogP contribution in [0.25, 0.3) is 0 Å². The molecule has 0 aromatic carbocycles. The van der Waals surface area contributed by atoms with E-state index in [1.807, 2.05) is 24.3 Å². The predicted molar refractivity (Wildman–Crippen MR) is 70.2 cm³/mol. The molecule has 2 rings (SSSR count). The lowest BCUT2D eigenvalue weighted by molar-refractivity contribution is 0.554. The summed E-state index contributed by atoms with van der Waals surface area (Å²) in [6, 6.07) is 0.558. The molecule has 0 saturated carbocycles. The van der Waals surface area contributed by atoms with Crippen LogP contribution in [0.1, 0.15) is 37.9 Å². The van der Waals surface area contributed by atoms with E-state index in [0.717, 1.165) is 13.1 Å². The summed E-state index contributed by atoms with van der Waals surface area (Å²) in [5.74, 6) is 3.04. The molecule has 16 heavy (non-hydrogen) atoms. The van der Waals surface area contributed by atoms with E-state index < -0.39 is 0 Å². The molecule has 1 fully saturated rings. The molecule has 0 aliphatic carbocycles. The fourth-order valence-electron chi connectivity index (χ4n) is 2.28. The fourth-order valence-corrected chi connectivity index (χ4v) is 3.01. The normalized spacial score (nSPS) is 22.5. The van der Waals surface area contributed by atoms with E-state index in [1.54, 1.807) is 0 Å². The minimum atomic E-state index is 0.558. The Bertz CT molecular complexity index is 318. The Kier molecular flexibility index (Phi) is 4.29. The smallest absolute Gasteiger partial charge is 0.0951 e. The molecule has 2 atom stereocenters. The number of rotatable bonds is 5. The first kappa shape index (κ1) is 12.0. The predicted octanol–water partition coefficient (Wildman–Crippen LogP) is 2.27. The molecule has 1 aliphatic rings. The number of thioether (sulfide) groups is 1. The van der Waals surface area contributed by atoms with Gasteiger partial charge in [0.2, 0.25) is 0 Å². The van der Waals surface area contributed by atoms with Crippen LogP contribution in [0.3, 0.4) is 0 Å². The van der Waals surface area contributed by atoms with Crippen molar-refractivity contribution in [1.29, 1.82) is 0 Å². The van der Waals surface area contributed by atoms with E-state index in [4.69, 9.17) is 0 Å². The molecule has 1 saturated heterocycles. The summed E-state index contributed by atoms with van der Waals surface area (Å²) in [5, 5.41) is 3.42. The average molecular weight is 239 g/mol. The Morgan fingerprint density at radius 2 is 2.56 bits per heavy atom. The van der Waals surface area contributed by atoms with Crippen molar-refractivity contribution in [2.24, 2.45) is 0 Å². The van der Waals surface area contributed by atoms with Crippen LogP contribution in [0.5, 0.6) is 0 Å². The Hall–Kier alpha value is -0.480. The molecule has 3 nitrogen and oxygen atoms in total. The van der Waals surface area contributed by atoms with Crippen LogP contribution in [0.4, 0.5) is 0 Å². The van der Waals surface area contributed by atoms with Crippen LogP contribution < -0.4 is 5.32 Å². The molecule has 1 aromatic heterocycles. The second-order valence-electron chi connectivity index (χ2n) is 4.42. The zero-order chi connectivity index (χ0) is 11.4. The summed E-state index contributed by atoms with van der Waals surface area (Å²) < 4.78 is 2.36. The Morgan fingerprint density at radius 3 is 3.25 bits per heavy atom. The van der Waals surface area contributed by atoms with E-state index in [2.05, 4.69) is 28.7 Å². The second-order valence-corrected chi connectivity index (χ2v) is 5.74. The molecule has 90 valence electrons. The van der Waals surface area contributed by atoms with Gasteiger partial charge in [-0.05, 0) is 25.6 Å². The third-order valence-electron chi connectivity index (χ3n) is 3.21. The van der Waals surface area contributed by atoms with Crippen LogP contribution in [-0.2, 0) is 0 Å². The van der Waals surface area contributed by atoms with Gasteiger partial charge in [0.05, 0.1) is 6.33 Å². The number of hydrogen-bond donors (Lipinski definition) is 1. The van der Waals surface area contributed by atoms with Gasteiger partial charge in [0, 0.05) is 36.1 Å². The highest BCUT2D eigenvalue weighted by Gasteiger charge is 2.21. The summed E-state index contributed by atoms with van der Waals surface area (Å²) >= 11 is 2.00. The third kappa shape index (κ3) is 2.61. The molecule has 2 heterocycles. The first-order valence-corrected chi connectivity index (χ1v) is 7.28. The van der Waals surface area contributed by atoms with Gasteiger partial charge in [0.25, 0.3) is 0 Å². The third-order valence-corrected chi connectivity index (χ3v) is 4.34. The molecule has 2 unspecified atom stereocenters. The lowest BCUT2D eigenvalue weighted by atomic mass is 10.1. The first-order chi connectivity index (χ1) is 7.83. The number of nitrogens with one attached hydrogen (secondary N) is 1. The number of aromatic nitrogens is 2. The molecule has 4 heteroatoms. The van der Waals surface area contributed by atoms with Crippen molar-refractivity contribution in [3.63, 3.8) is 0 Å². The maximum Gasteiger partial charge on any atom is 0.0951 e. The van der Waals surface area contributed by atoms with E-state index >= 15 is 0 Å². The first-order valence-electron chi connectivity index (χ1n) is 6.13. The highest BCUT2D eigenvalue weighted by atomic mass is 32.2. The van der Waals surface area contributed by atoms with Crippen molar-refractivity contribution in [2.75, 3.05) is 24.6 Å². The van der Waals surface area contributed by atoms with Gasteiger partial charge in [-0.3, -0.25) is 0 Å². The van der Waals surface area contributed by atoms with Gasteiger partial charge in [-0.2, -0.15) is 11.8 Å². The molecule has 1 aliphatic heterocycles. The average Bonchev–Trinajstić information content (AvgIpc) is 2.94. The van der Waals surface area contributed by atoms with Crippen LogP contribution in [0, 0.1) is 0 Å². The molecule has 1 aromatic rings. The van der Waals surface area contributed by atoms with Gasteiger partial charge in [-0.25, -0.2) is 4.98 Å². The zero-order valence-corrected chi connectivity index (χ0v) is 11.0. The molecule has 0 radical (unpaired) electrons. The minimum Gasteiger partial charge on any atom is -0.331 e. The lowest BCUT2D eigenvalue weighted by Crippen LogP contribution is -2.15. The van der Waals surface area contributed by atoms with Crippen molar-refractivity contribution < 1.29 is 0 Å². The van der Waals surface area contributed by atoms with Crippen molar-refractivity contribution in [3.8, 4) is 0 Å². The van der Waals surface area contributed by atoms with Gasteiger partial charge in [0.15, 0.2) is 0 Å². The van der Waals surface area contributed by atoms with Gasteiger partial charge < -0.3 is 9.88 Å². The van der Waals surface area contributed by atoms with Crippen molar-refractivity contribution in [3.05, 3.63) is 18.2 Å². The van der Waals surface area contributed by atoms with E-state index in [0.29, 0.717) is 12.0 Å². The van der Waals surface area contributed by atoms with Crippen molar-refractivity contribution >= 4 is 11.8 Å². The SMILES string of the molecule is CCSCC(C)n1cncc1C1CCNC1. The van der Waals surface area contributed by atoms with Gasteiger partial charge >= 0.3 is 0 Å². The van der Waals surface area contributed by atoms with E-state index in [-0.39, 0.29) is 0 Å². The second kappa shape index (κ2) is 5.73. The Labute approximate surface area is 102 Å². The quantitative estimate of drug-likeness (QED) is 0.855. The summed E-state index contributed by atoms with van der Waals surface area (Å²) in [7, 11) is 0. The number of imidazole rings is 1. The maximum atomic E-state index is 4.32. The van der Waals surface area contributed by atoms with Gasteiger partial charge in [-0.1, -0.05) is 6.92 Å². The topological polar surface area (TPSA) is 29.9 Å². The van der Waals surface area contributed by atoms with Crippen LogP contribution in [0.2, 0.25) is 0 Å². The lowest BCUT2D eigenvalue weighted by Gasteiger charge is -2.18. The van der Waals surface area contributed by atoms with Crippen LogP contribution in [-0.4, -0.2) is 34.1 Å². The molecule has 0 spiro atoms. The highest BCUT2D eigenvalue weighted by Crippen LogP contribution is 2.25. The standard InChI is InChI=1S/C12H21N3S/c1-3-16-8-10(2)15-9-14-7-12(15)11-4-5-13-6-11/h7,9-11,13H,3-6,8H2,1-2H3. The summed E-state index contributed by atoms with van der Waals surface area (Å²) in [6.45, 7) is 6.76. The molecular weight excluding hydrogens is 218 g/mol. The molecule has 1 N–H and O–H groups in total. The Morgan fingerprint density at radius 1 is 1.69 bits per heavy atom. The Balaban J connectivity index is 2.05. The zero-order valence-electron chi connectivity index (χ0n) is 10.1. The molecule has 0 bridgehead atoms. The maximum absolute atomic E-state index is 4.32. The van der Waals surface area contributed by atoms with Gasteiger partial charge in [0.1, 0.15) is 0 Å². The summed E-state index contributed by atoms with van der Waals surface area (Å²) in [5.41, 5.74) is 1.41. The van der Waals surface area contributed by atoms with Crippen molar-refractivity contribution in [2.45, 2.75) is 32.2 Å². The number of nitrogens with zero attached hydrogens (tertiary/aromatic N) is 2. The highest BCUT2D eigenvalue weighted by molar-refractivity contribution is 7.99. The van der Waals surface area contributed by atoms with E-state index in [9.17, 15) is 0 Å². The van der Waals surface area contributed by atoms with Crippen LogP contribution >= 0.6 is 11.8 Å². The fraction of sp³-hybridized carbons (Fsp3) is 0.750. The van der Waals surface area contributed by atoms with Gasteiger partial charge in [-0.15, -0.1) is 0 Å². The number of hydrogen-bond acceptors (Lipinski definition) is 3. The minimum absolute atomic E-state index is 0.558. The molecule has 0 amide bonds. The summed E-state index contributed by atoms with van der Waals surface area (Å²) in [4.78, 5) is 4.32. The summed E-state index contributed by atoms with van der Waals surface area (Å²) in [6.07, 6.45) is 5.29. The monoisotopic (exact) mass is 239 g/mol. The molecular formula is C12H21N3S.